The fraction of sp³-hybridized carbons (Fsp3) is 0. The van der Waals surface area contributed by atoms with Crippen LogP contribution in [0.5, 0.6) is 0 Å². The van der Waals surface area contributed by atoms with Crippen molar-refractivity contribution in [2.75, 3.05) is 0 Å². The maximum absolute atomic E-state index is 8.71. The summed E-state index contributed by atoms with van der Waals surface area (Å²) in [6.07, 6.45) is 3.57. The molecule has 3 nitrogen and oxygen atoms in total. The van der Waals surface area contributed by atoms with E-state index in [9.17, 15) is 0 Å². The highest BCUT2D eigenvalue weighted by Crippen LogP contribution is 2.13. The highest BCUT2D eigenvalue weighted by molar-refractivity contribution is 5.79. The lowest BCUT2D eigenvalue weighted by Crippen LogP contribution is -1.78. The predicted octanol–water partition coefficient (Wildman–Crippen LogP) is 2.64. The fourth-order valence-electron chi connectivity index (χ4n) is 1.22. The van der Waals surface area contributed by atoms with Gasteiger partial charge in [-0.05, 0) is 30.3 Å². The van der Waals surface area contributed by atoms with E-state index in [0.717, 1.165) is 11.4 Å². The maximum atomic E-state index is 8.71. The minimum absolute atomic E-state index is 0.621. The Morgan fingerprint density at radius 2 is 2.20 bits per heavy atom. The van der Waals surface area contributed by atoms with Gasteiger partial charge in [0.25, 0.3) is 0 Å². The number of hydrogen-bond acceptors (Lipinski definition) is 2. The van der Waals surface area contributed by atoms with Gasteiger partial charge in [0.1, 0.15) is 0 Å². The molecule has 0 saturated heterocycles. The van der Waals surface area contributed by atoms with Crippen LogP contribution < -0.4 is 0 Å². The lowest BCUT2D eigenvalue weighted by Gasteiger charge is -1.92. The number of aliphatic imine (C=N–C) groups is 1. The standard InChI is InChI=1S/C12H9N3/c13-8-10-3-1-4-11(7-10)15-9-12-5-2-6-14-12/h1-7,9,14H. The second-order valence-corrected chi connectivity index (χ2v) is 3.05. The first-order valence-corrected chi connectivity index (χ1v) is 4.56. The number of aromatic nitrogens is 1. The molecule has 0 atom stereocenters. The Kier molecular flexibility index (Phi) is 2.61. The molecule has 0 aliphatic rings. The van der Waals surface area contributed by atoms with Crippen molar-refractivity contribution in [3.8, 4) is 6.07 Å². The summed E-state index contributed by atoms with van der Waals surface area (Å²) in [5.74, 6) is 0. The third-order valence-electron chi connectivity index (χ3n) is 1.95. The Hall–Kier alpha value is -2.34. The molecule has 2 aromatic rings. The van der Waals surface area contributed by atoms with Gasteiger partial charge in [-0.1, -0.05) is 6.07 Å². The van der Waals surface area contributed by atoms with Crippen LogP contribution in [0, 0.1) is 11.3 Å². The van der Waals surface area contributed by atoms with E-state index in [1.54, 1.807) is 18.3 Å². The van der Waals surface area contributed by atoms with Gasteiger partial charge in [-0.3, -0.25) is 4.99 Å². The Morgan fingerprint density at radius 1 is 1.27 bits per heavy atom. The van der Waals surface area contributed by atoms with Crippen LogP contribution in [0.3, 0.4) is 0 Å². The zero-order valence-electron chi connectivity index (χ0n) is 8.01. The van der Waals surface area contributed by atoms with Crippen molar-refractivity contribution in [1.29, 1.82) is 5.26 Å². The Labute approximate surface area is 87.7 Å². The zero-order valence-corrected chi connectivity index (χ0v) is 8.01. The molecule has 0 bridgehead atoms. The van der Waals surface area contributed by atoms with E-state index >= 15 is 0 Å². The second-order valence-electron chi connectivity index (χ2n) is 3.05. The van der Waals surface area contributed by atoms with Crippen LogP contribution in [0.25, 0.3) is 0 Å². The minimum Gasteiger partial charge on any atom is -0.360 e. The number of hydrogen-bond donors (Lipinski definition) is 1. The van der Waals surface area contributed by atoms with Gasteiger partial charge in [0.05, 0.1) is 29.2 Å². The first-order valence-electron chi connectivity index (χ1n) is 4.56. The van der Waals surface area contributed by atoms with Gasteiger partial charge in [-0.2, -0.15) is 5.26 Å². The first kappa shape index (κ1) is 9.22. The Bertz CT molecular complexity index is 504. The van der Waals surface area contributed by atoms with Crippen LogP contribution in [0.15, 0.2) is 47.6 Å². The molecule has 0 aliphatic heterocycles. The van der Waals surface area contributed by atoms with Gasteiger partial charge in [0.15, 0.2) is 0 Å². The fourth-order valence-corrected chi connectivity index (χ4v) is 1.22. The van der Waals surface area contributed by atoms with E-state index in [1.807, 2.05) is 30.5 Å². The molecular formula is C12H9N3. The van der Waals surface area contributed by atoms with Gasteiger partial charge < -0.3 is 4.98 Å². The van der Waals surface area contributed by atoms with E-state index in [-0.39, 0.29) is 0 Å². The molecule has 1 aromatic carbocycles. The molecule has 0 saturated carbocycles. The van der Waals surface area contributed by atoms with Crippen LogP contribution in [0.1, 0.15) is 11.3 Å². The van der Waals surface area contributed by atoms with E-state index in [0.29, 0.717) is 5.56 Å². The van der Waals surface area contributed by atoms with Crippen LogP contribution >= 0.6 is 0 Å². The third-order valence-corrected chi connectivity index (χ3v) is 1.95. The van der Waals surface area contributed by atoms with Gasteiger partial charge in [-0.15, -0.1) is 0 Å². The third kappa shape index (κ3) is 2.32. The molecule has 2 rings (SSSR count). The molecule has 0 spiro atoms. The highest BCUT2D eigenvalue weighted by atomic mass is 14.8. The summed E-state index contributed by atoms with van der Waals surface area (Å²) in [6.45, 7) is 0. The normalized spacial score (nSPS) is 10.3. The van der Waals surface area contributed by atoms with E-state index in [2.05, 4.69) is 16.0 Å². The molecule has 1 aromatic heterocycles. The zero-order chi connectivity index (χ0) is 10.5. The van der Waals surface area contributed by atoms with Gasteiger partial charge >= 0.3 is 0 Å². The van der Waals surface area contributed by atoms with E-state index < -0.39 is 0 Å². The Morgan fingerprint density at radius 3 is 2.93 bits per heavy atom. The summed E-state index contributed by atoms with van der Waals surface area (Å²) in [7, 11) is 0. The largest absolute Gasteiger partial charge is 0.360 e. The number of nitrogens with one attached hydrogen (secondary N) is 1. The molecule has 72 valence electrons. The molecule has 0 aliphatic carbocycles. The molecule has 0 radical (unpaired) electrons. The maximum Gasteiger partial charge on any atom is 0.0992 e. The SMILES string of the molecule is N#Cc1cccc(N=Cc2ccc[nH]2)c1. The number of benzene rings is 1. The van der Waals surface area contributed by atoms with Crippen LogP contribution in [-0.4, -0.2) is 11.2 Å². The molecule has 0 fully saturated rings. The van der Waals surface area contributed by atoms with E-state index in [4.69, 9.17) is 5.26 Å². The molecule has 0 amide bonds. The Balaban J connectivity index is 2.21. The number of rotatable bonds is 2. The van der Waals surface area contributed by atoms with E-state index in [1.165, 1.54) is 0 Å². The minimum atomic E-state index is 0.621. The first-order chi connectivity index (χ1) is 7.38. The lowest BCUT2D eigenvalue weighted by atomic mass is 10.2. The average molecular weight is 195 g/mol. The van der Waals surface area contributed by atoms with Crippen LogP contribution in [0.2, 0.25) is 0 Å². The topological polar surface area (TPSA) is 51.9 Å². The van der Waals surface area contributed by atoms with Gasteiger partial charge in [-0.25, -0.2) is 0 Å². The lowest BCUT2D eigenvalue weighted by molar-refractivity contribution is 1.37. The molecule has 0 unspecified atom stereocenters. The van der Waals surface area contributed by atoms with Crippen molar-refractivity contribution in [2.45, 2.75) is 0 Å². The molecular weight excluding hydrogens is 186 g/mol. The van der Waals surface area contributed by atoms with Crippen molar-refractivity contribution in [1.82, 2.24) is 4.98 Å². The van der Waals surface area contributed by atoms with Crippen molar-refractivity contribution in [3.05, 3.63) is 53.9 Å². The number of aromatic amines is 1. The molecule has 15 heavy (non-hydrogen) atoms. The number of H-pyrrole nitrogens is 1. The quantitative estimate of drug-likeness (QED) is 0.736. The highest BCUT2D eigenvalue weighted by Gasteiger charge is 1.92. The summed E-state index contributed by atoms with van der Waals surface area (Å²) in [5, 5.41) is 8.71. The van der Waals surface area contributed by atoms with Gasteiger partial charge in [0, 0.05) is 6.20 Å². The smallest absolute Gasteiger partial charge is 0.0992 e. The summed E-state index contributed by atoms with van der Waals surface area (Å²) in [4.78, 5) is 7.27. The molecule has 1 N–H and O–H groups in total. The van der Waals surface area contributed by atoms with Gasteiger partial charge in [0.2, 0.25) is 0 Å². The average Bonchev–Trinajstić information content (AvgIpc) is 2.79. The predicted molar refractivity (Wildman–Crippen MR) is 59.2 cm³/mol. The molecule has 1 heterocycles. The molecule has 3 heteroatoms. The van der Waals surface area contributed by atoms with Crippen molar-refractivity contribution in [2.24, 2.45) is 4.99 Å². The summed E-state index contributed by atoms with van der Waals surface area (Å²) >= 11 is 0. The summed E-state index contributed by atoms with van der Waals surface area (Å²) in [6, 6.07) is 13.1. The summed E-state index contributed by atoms with van der Waals surface area (Å²) in [5.41, 5.74) is 2.34. The van der Waals surface area contributed by atoms with Crippen molar-refractivity contribution >= 4 is 11.9 Å². The van der Waals surface area contributed by atoms with Crippen LogP contribution in [-0.2, 0) is 0 Å². The summed E-state index contributed by atoms with van der Waals surface area (Å²) < 4.78 is 0. The van der Waals surface area contributed by atoms with Crippen molar-refractivity contribution < 1.29 is 0 Å². The van der Waals surface area contributed by atoms with Crippen LogP contribution in [0.4, 0.5) is 5.69 Å². The monoisotopic (exact) mass is 195 g/mol. The second kappa shape index (κ2) is 4.25. The van der Waals surface area contributed by atoms with Crippen molar-refractivity contribution in [3.63, 3.8) is 0 Å². The number of nitrogens with zero attached hydrogens (tertiary/aromatic N) is 2. The number of nitriles is 1.